The second-order valence-electron chi connectivity index (χ2n) is 1.81. The maximum atomic E-state index is 8.26. The van der Waals surface area contributed by atoms with E-state index in [2.05, 4.69) is 9.97 Å². The van der Waals surface area contributed by atoms with Crippen LogP contribution in [0.2, 0.25) is 0 Å². The van der Waals surface area contributed by atoms with Crippen LogP contribution in [0.25, 0.3) is 0 Å². The van der Waals surface area contributed by atoms with Crippen LogP contribution in [-0.4, -0.2) is 9.97 Å². The molecule has 0 spiro atoms. The van der Waals surface area contributed by atoms with Crippen LogP contribution in [0.3, 0.4) is 0 Å². The third-order valence-electron chi connectivity index (χ3n) is 1.18. The van der Waals surface area contributed by atoms with Crippen molar-refractivity contribution in [2.45, 2.75) is 13.3 Å². The minimum absolute atomic E-state index is 0.398. The molecule has 0 unspecified atom stereocenters. The number of rotatable bonds is 1. The summed E-state index contributed by atoms with van der Waals surface area (Å²) in [7, 11) is 0. The molecule has 0 bridgehead atoms. The zero-order valence-corrected chi connectivity index (χ0v) is 5.18. The van der Waals surface area contributed by atoms with E-state index in [-0.39, 0.29) is 0 Å². The number of nitriles is 1. The summed E-state index contributed by atoms with van der Waals surface area (Å²) >= 11 is 0. The van der Waals surface area contributed by atoms with Crippen LogP contribution >= 0.6 is 0 Å². The second kappa shape index (κ2) is 2.31. The van der Waals surface area contributed by atoms with Crippen molar-refractivity contribution in [1.82, 2.24) is 9.97 Å². The van der Waals surface area contributed by atoms with E-state index in [0.717, 1.165) is 11.4 Å². The number of nitrogens with one attached hydrogen (secondary N) is 1. The minimum atomic E-state index is 0.398. The van der Waals surface area contributed by atoms with Gasteiger partial charge in [-0.3, -0.25) is 0 Å². The van der Waals surface area contributed by atoms with Gasteiger partial charge in [-0.2, -0.15) is 5.26 Å². The Labute approximate surface area is 53.3 Å². The van der Waals surface area contributed by atoms with Crippen molar-refractivity contribution < 1.29 is 0 Å². The van der Waals surface area contributed by atoms with Crippen molar-refractivity contribution in [2.24, 2.45) is 0 Å². The number of nitrogens with zero attached hydrogens (tertiary/aromatic N) is 2. The van der Waals surface area contributed by atoms with Gasteiger partial charge in [0.25, 0.3) is 0 Å². The molecule has 9 heavy (non-hydrogen) atoms. The number of H-pyrrole nitrogens is 1. The number of hydrogen-bond acceptors (Lipinski definition) is 2. The van der Waals surface area contributed by atoms with E-state index in [1.807, 2.05) is 13.0 Å². The van der Waals surface area contributed by atoms with Gasteiger partial charge in [0.05, 0.1) is 24.5 Å². The molecule has 0 aliphatic carbocycles. The molecule has 0 aliphatic rings. The van der Waals surface area contributed by atoms with E-state index in [1.54, 1.807) is 6.33 Å². The fourth-order valence-corrected chi connectivity index (χ4v) is 0.640. The zero-order valence-electron chi connectivity index (χ0n) is 5.18. The van der Waals surface area contributed by atoms with Gasteiger partial charge < -0.3 is 4.98 Å². The molecule has 1 rings (SSSR count). The van der Waals surface area contributed by atoms with Crippen molar-refractivity contribution in [3.63, 3.8) is 0 Å². The van der Waals surface area contributed by atoms with Crippen LogP contribution in [0.4, 0.5) is 0 Å². The lowest BCUT2D eigenvalue weighted by Gasteiger charge is -1.84. The van der Waals surface area contributed by atoms with Gasteiger partial charge in [0.1, 0.15) is 0 Å². The van der Waals surface area contributed by atoms with Gasteiger partial charge in [0.2, 0.25) is 0 Å². The molecule has 1 aromatic rings. The third kappa shape index (κ3) is 1.08. The first-order valence-electron chi connectivity index (χ1n) is 2.70. The highest BCUT2D eigenvalue weighted by molar-refractivity contribution is 5.12. The van der Waals surface area contributed by atoms with Crippen LogP contribution < -0.4 is 0 Å². The van der Waals surface area contributed by atoms with E-state index in [9.17, 15) is 0 Å². The van der Waals surface area contributed by atoms with Gasteiger partial charge in [-0.1, -0.05) is 0 Å². The highest BCUT2D eigenvalue weighted by Crippen LogP contribution is 1.99. The Bertz CT molecular complexity index is 231. The number of imidazole rings is 1. The molecule has 3 heteroatoms. The maximum absolute atomic E-state index is 8.26. The summed E-state index contributed by atoms with van der Waals surface area (Å²) in [5, 5.41) is 8.26. The van der Waals surface area contributed by atoms with E-state index >= 15 is 0 Å². The van der Waals surface area contributed by atoms with Gasteiger partial charge in [0.15, 0.2) is 0 Å². The van der Waals surface area contributed by atoms with Gasteiger partial charge >= 0.3 is 0 Å². The molecule has 0 aliphatic heterocycles. The molecular weight excluding hydrogens is 114 g/mol. The molecule has 0 radical (unpaired) electrons. The number of aromatic amines is 1. The van der Waals surface area contributed by atoms with Crippen LogP contribution in [0.5, 0.6) is 0 Å². The molecule has 0 saturated carbocycles. The molecule has 1 heterocycles. The molecule has 0 atom stereocenters. The van der Waals surface area contributed by atoms with Crippen LogP contribution in [0.15, 0.2) is 6.33 Å². The SMILES string of the molecule is Cc1[nH]cnc1CC#N. The summed E-state index contributed by atoms with van der Waals surface area (Å²) in [6.45, 7) is 1.90. The highest BCUT2D eigenvalue weighted by Gasteiger charge is 1.96. The first-order chi connectivity index (χ1) is 4.34. The maximum Gasteiger partial charge on any atom is 0.0925 e. The summed E-state index contributed by atoms with van der Waals surface area (Å²) in [5.74, 6) is 0. The summed E-state index contributed by atoms with van der Waals surface area (Å²) in [4.78, 5) is 6.82. The Morgan fingerprint density at radius 1 is 1.89 bits per heavy atom. The predicted octanol–water partition coefficient (Wildman–Crippen LogP) is 0.784. The minimum Gasteiger partial charge on any atom is -0.348 e. The Morgan fingerprint density at radius 2 is 2.67 bits per heavy atom. The van der Waals surface area contributed by atoms with Gasteiger partial charge in [0, 0.05) is 5.69 Å². The summed E-state index contributed by atoms with van der Waals surface area (Å²) in [5.41, 5.74) is 1.83. The van der Waals surface area contributed by atoms with Gasteiger partial charge in [-0.25, -0.2) is 4.98 Å². The largest absolute Gasteiger partial charge is 0.348 e. The molecule has 1 N–H and O–H groups in total. The topological polar surface area (TPSA) is 52.5 Å². The van der Waals surface area contributed by atoms with Crippen LogP contribution in [0, 0.1) is 18.3 Å². The Morgan fingerprint density at radius 3 is 3.11 bits per heavy atom. The Hall–Kier alpha value is -1.30. The van der Waals surface area contributed by atoms with Gasteiger partial charge in [-0.15, -0.1) is 0 Å². The quantitative estimate of drug-likeness (QED) is 0.597. The van der Waals surface area contributed by atoms with E-state index in [1.165, 1.54) is 0 Å². The lowest BCUT2D eigenvalue weighted by atomic mass is 10.3. The fourth-order valence-electron chi connectivity index (χ4n) is 0.640. The molecule has 0 amide bonds. The standard InChI is InChI=1S/C6H7N3/c1-5-6(2-3-7)9-4-8-5/h4H,2H2,1H3,(H,8,9). The first kappa shape index (κ1) is 5.83. The van der Waals surface area contributed by atoms with E-state index in [4.69, 9.17) is 5.26 Å². The molecule has 0 saturated heterocycles. The average molecular weight is 121 g/mol. The summed E-state index contributed by atoms with van der Waals surface area (Å²) in [6, 6.07) is 2.03. The smallest absolute Gasteiger partial charge is 0.0925 e. The van der Waals surface area contributed by atoms with E-state index < -0.39 is 0 Å². The second-order valence-corrected chi connectivity index (χ2v) is 1.81. The fraction of sp³-hybridized carbons (Fsp3) is 0.333. The van der Waals surface area contributed by atoms with Crippen molar-refractivity contribution in [3.8, 4) is 6.07 Å². The van der Waals surface area contributed by atoms with Gasteiger partial charge in [-0.05, 0) is 6.92 Å². The first-order valence-corrected chi connectivity index (χ1v) is 2.70. The highest BCUT2D eigenvalue weighted by atomic mass is 14.9. The zero-order chi connectivity index (χ0) is 6.69. The Balaban J connectivity index is 2.84. The molecule has 0 aromatic carbocycles. The monoisotopic (exact) mass is 121 g/mol. The van der Waals surface area contributed by atoms with Crippen molar-refractivity contribution >= 4 is 0 Å². The third-order valence-corrected chi connectivity index (χ3v) is 1.18. The van der Waals surface area contributed by atoms with Crippen LogP contribution in [0.1, 0.15) is 11.4 Å². The van der Waals surface area contributed by atoms with E-state index in [0.29, 0.717) is 6.42 Å². The number of hydrogen-bond donors (Lipinski definition) is 1. The lowest BCUT2D eigenvalue weighted by Crippen LogP contribution is -1.83. The summed E-state index contributed by atoms with van der Waals surface area (Å²) < 4.78 is 0. The normalized spacial score (nSPS) is 8.89. The molecule has 3 nitrogen and oxygen atoms in total. The lowest BCUT2D eigenvalue weighted by molar-refractivity contribution is 1.12. The molecule has 46 valence electrons. The van der Waals surface area contributed by atoms with Crippen molar-refractivity contribution in [2.75, 3.05) is 0 Å². The Kier molecular flexibility index (Phi) is 1.50. The average Bonchev–Trinajstić information content (AvgIpc) is 2.18. The van der Waals surface area contributed by atoms with Crippen molar-refractivity contribution in [3.05, 3.63) is 17.7 Å². The van der Waals surface area contributed by atoms with Crippen molar-refractivity contribution in [1.29, 1.82) is 5.26 Å². The van der Waals surface area contributed by atoms with Crippen LogP contribution in [-0.2, 0) is 6.42 Å². The molecular formula is C6H7N3. The molecule has 0 fully saturated rings. The molecule has 1 aromatic heterocycles. The summed E-state index contributed by atoms with van der Waals surface area (Å²) in [6.07, 6.45) is 2.00. The number of aromatic nitrogens is 2. The number of aryl methyl sites for hydroxylation is 1. The predicted molar refractivity (Wildman–Crippen MR) is 32.6 cm³/mol.